The van der Waals surface area contributed by atoms with Gasteiger partial charge in [-0.25, -0.2) is 0 Å². The molecule has 2 N–H and O–H groups in total. The molecule has 0 aliphatic heterocycles. The van der Waals surface area contributed by atoms with E-state index in [2.05, 4.69) is 34.6 Å². The van der Waals surface area contributed by atoms with E-state index in [0.717, 1.165) is 19.0 Å². The van der Waals surface area contributed by atoms with E-state index in [9.17, 15) is 0 Å². The smallest absolute Gasteiger partial charge is 0.0535 e. The lowest BCUT2D eigenvalue weighted by atomic mass is 9.94. The second-order valence-electron chi connectivity index (χ2n) is 4.30. The molecule has 1 heterocycles. The van der Waals surface area contributed by atoms with Gasteiger partial charge >= 0.3 is 0 Å². The van der Waals surface area contributed by atoms with Crippen LogP contribution in [-0.4, -0.2) is 16.7 Å². The van der Waals surface area contributed by atoms with Crippen molar-refractivity contribution >= 4 is 0 Å². The molecule has 1 aromatic rings. The topological polar surface area (TPSA) is 40.7 Å². The summed E-state index contributed by atoms with van der Waals surface area (Å²) in [6.45, 7) is 4.12. The predicted octanol–water partition coefficient (Wildman–Crippen LogP) is 2.16. The van der Waals surface area contributed by atoms with E-state index in [1.165, 1.54) is 30.5 Å². The molecule has 0 fully saturated rings. The second-order valence-corrected chi connectivity index (χ2v) is 4.30. The lowest BCUT2D eigenvalue weighted by molar-refractivity contribution is 0.440. The lowest BCUT2D eigenvalue weighted by Gasteiger charge is -2.17. The molecular weight excluding hydrogens is 186 g/mol. The van der Waals surface area contributed by atoms with Gasteiger partial charge in [0.15, 0.2) is 0 Å². The van der Waals surface area contributed by atoms with Gasteiger partial charge in [0.05, 0.1) is 6.20 Å². The van der Waals surface area contributed by atoms with Gasteiger partial charge in [0, 0.05) is 17.8 Å². The molecule has 0 unspecified atom stereocenters. The van der Waals surface area contributed by atoms with Crippen molar-refractivity contribution in [3.8, 4) is 0 Å². The molecular formula is C12H19N3. The number of aryl methyl sites for hydroxylation is 1. The van der Waals surface area contributed by atoms with Crippen LogP contribution in [0.4, 0.5) is 0 Å². The summed E-state index contributed by atoms with van der Waals surface area (Å²) in [5.41, 5.74) is 2.45. The fourth-order valence-electron chi connectivity index (χ4n) is 2.01. The van der Waals surface area contributed by atoms with Crippen molar-refractivity contribution in [2.24, 2.45) is 5.92 Å². The first-order valence-corrected chi connectivity index (χ1v) is 5.71. The first kappa shape index (κ1) is 10.4. The van der Waals surface area contributed by atoms with Crippen LogP contribution >= 0.6 is 0 Å². The normalized spacial score (nSPS) is 20.7. The summed E-state index contributed by atoms with van der Waals surface area (Å²) in [6.07, 6.45) is 10.3. The highest BCUT2D eigenvalue weighted by molar-refractivity contribution is 5.13. The highest BCUT2D eigenvalue weighted by atomic mass is 15.1. The Hall–Kier alpha value is -1.09. The molecule has 1 aliphatic rings. The number of aromatic nitrogens is 2. The maximum absolute atomic E-state index is 4.01. The second kappa shape index (κ2) is 5.12. The van der Waals surface area contributed by atoms with Crippen LogP contribution in [0.3, 0.4) is 0 Å². The van der Waals surface area contributed by atoms with E-state index in [-0.39, 0.29) is 0 Å². The highest BCUT2D eigenvalue weighted by Gasteiger charge is 2.09. The Balaban J connectivity index is 1.71. The van der Waals surface area contributed by atoms with E-state index in [0.29, 0.717) is 0 Å². The SMILES string of the molecule is Cc1[nH]ncc1CNC[C@@H]1CC=CCC1. The highest BCUT2D eigenvalue weighted by Crippen LogP contribution is 2.17. The van der Waals surface area contributed by atoms with Gasteiger partial charge in [0.2, 0.25) is 0 Å². The standard InChI is InChI=1S/C12H19N3/c1-10-12(9-14-15-10)8-13-7-11-5-3-2-4-6-11/h2-3,9,11,13H,4-8H2,1H3,(H,14,15)/t11-/m1/s1. The number of H-pyrrole nitrogens is 1. The Morgan fingerprint density at radius 1 is 1.53 bits per heavy atom. The first-order chi connectivity index (χ1) is 7.36. The quantitative estimate of drug-likeness (QED) is 0.740. The number of rotatable bonds is 4. The molecule has 3 heteroatoms. The van der Waals surface area contributed by atoms with Crippen LogP contribution in [0.2, 0.25) is 0 Å². The van der Waals surface area contributed by atoms with Crippen molar-refractivity contribution in [3.63, 3.8) is 0 Å². The van der Waals surface area contributed by atoms with Gasteiger partial charge in [0.25, 0.3) is 0 Å². The van der Waals surface area contributed by atoms with Gasteiger partial charge in [-0.05, 0) is 38.6 Å². The number of nitrogens with one attached hydrogen (secondary N) is 2. The number of hydrogen-bond acceptors (Lipinski definition) is 2. The van der Waals surface area contributed by atoms with Crippen LogP contribution < -0.4 is 5.32 Å². The Morgan fingerprint density at radius 2 is 2.47 bits per heavy atom. The number of aromatic amines is 1. The molecule has 0 radical (unpaired) electrons. The molecule has 1 atom stereocenters. The number of allylic oxidation sites excluding steroid dienone is 2. The van der Waals surface area contributed by atoms with Crippen LogP contribution in [-0.2, 0) is 6.54 Å². The van der Waals surface area contributed by atoms with Crippen molar-refractivity contribution < 1.29 is 0 Å². The van der Waals surface area contributed by atoms with E-state index in [4.69, 9.17) is 0 Å². The zero-order valence-corrected chi connectivity index (χ0v) is 9.29. The third-order valence-corrected chi connectivity index (χ3v) is 3.06. The fraction of sp³-hybridized carbons (Fsp3) is 0.583. The van der Waals surface area contributed by atoms with Crippen LogP contribution in [0.1, 0.15) is 30.5 Å². The van der Waals surface area contributed by atoms with E-state index in [1.807, 2.05) is 6.20 Å². The molecule has 1 aromatic heterocycles. The van der Waals surface area contributed by atoms with Crippen LogP contribution in [0.15, 0.2) is 18.3 Å². The Bertz CT molecular complexity index is 327. The molecule has 2 rings (SSSR count). The average molecular weight is 205 g/mol. The molecule has 0 bridgehead atoms. The van der Waals surface area contributed by atoms with Gasteiger partial charge < -0.3 is 5.32 Å². The van der Waals surface area contributed by atoms with Crippen molar-refractivity contribution in [1.82, 2.24) is 15.5 Å². The maximum atomic E-state index is 4.01. The van der Waals surface area contributed by atoms with Crippen LogP contribution in [0, 0.1) is 12.8 Å². The van der Waals surface area contributed by atoms with Gasteiger partial charge in [-0.1, -0.05) is 12.2 Å². The van der Waals surface area contributed by atoms with Crippen molar-refractivity contribution in [2.75, 3.05) is 6.54 Å². The van der Waals surface area contributed by atoms with Crippen molar-refractivity contribution in [2.45, 2.75) is 32.7 Å². The summed E-state index contributed by atoms with van der Waals surface area (Å²) in [7, 11) is 0. The zero-order chi connectivity index (χ0) is 10.5. The van der Waals surface area contributed by atoms with Gasteiger partial charge in [-0.3, -0.25) is 5.10 Å². The molecule has 15 heavy (non-hydrogen) atoms. The molecule has 82 valence electrons. The van der Waals surface area contributed by atoms with Crippen LogP contribution in [0.5, 0.6) is 0 Å². The molecule has 0 amide bonds. The minimum absolute atomic E-state index is 0.821. The fourth-order valence-corrected chi connectivity index (χ4v) is 2.01. The Labute approximate surface area is 91.0 Å². The number of nitrogens with zero attached hydrogens (tertiary/aromatic N) is 1. The van der Waals surface area contributed by atoms with Gasteiger partial charge in [-0.15, -0.1) is 0 Å². The summed E-state index contributed by atoms with van der Waals surface area (Å²) in [4.78, 5) is 0. The van der Waals surface area contributed by atoms with Gasteiger partial charge in [0.1, 0.15) is 0 Å². The van der Waals surface area contributed by atoms with Crippen LogP contribution in [0.25, 0.3) is 0 Å². The third kappa shape index (κ3) is 2.93. The summed E-state index contributed by atoms with van der Waals surface area (Å²) in [5, 5.41) is 10.5. The molecule has 0 saturated carbocycles. The molecule has 0 spiro atoms. The van der Waals surface area contributed by atoms with Gasteiger partial charge in [-0.2, -0.15) is 5.10 Å². The summed E-state index contributed by atoms with van der Waals surface area (Å²) < 4.78 is 0. The minimum Gasteiger partial charge on any atom is -0.312 e. The van der Waals surface area contributed by atoms with E-state index in [1.54, 1.807) is 0 Å². The number of hydrogen-bond donors (Lipinski definition) is 2. The monoisotopic (exact) mass is 205 g/mol. The third-order valence-electron chi connectivity index (χ3n) is 3.06. The van der Waals surface area contributed by atoms with Crippen molar-refractivity contribution in [1.29, 1.82) is 0 Å². The molecule has 1 aliphatic carbocycles. The largest absolute Gasteiger partial charge is 0.312 e. The Kier molecular flexibility index (Phi) is 3.56. The van der Waals surface area contributed by atoms with E-state index >= 15 is 0 Å². The predicted molar refractivity (Wildman–Crippen MR) is 61.5 cm³/mol. The van der Waals surface area contributed by atoms with Crippen molar-refractivity contribution in [3.05, 3.63) is 29.6 Å². The molecule has 3 nitrogen and oxygen atoms in total. The minimum atomic E-state index is 0.821. The molecule has 0 aromatic carbocycles. The summed E-state index contributed by atoms with van der Waals surface area (Å²) >= 11 is 0. The average Bonchev–Trinajstić information content (AvgIpc) is 2.66. The summed E-state index contributed by atoms with van der Waals surface area (Å²) in [6, 6.07) is 0. The maximum Gasteiger partial charge on any atom is 0.0535 e. The lowest BCUT2D eigenvalue weighted by Crippen LogP contribution is -2.23. The first-order valence-electron chi connectivity index (χ1n) is 5.71. The summed E-state index contributed by atoms with van der Waals surface area (Å²) in [5.74, 6) is 0.821. The Morgan fingerprint density at radius 3 is 3.13 bits per heavy atom. The molecule has 0 saturated heterocycles. The zero-order valence-electron chi connectivity index (χ0n) is 9.29. The van der Waals surface area contributed by atoms with E-state index < -0.39 is 0 Å².